The van der Waals surface area contributed by atoms with Gasteiger partial charge in [0.2, 0.25) is 0 Å². The van der Waals surface area contributed by atoms with E-state index in [1.54, 1.807) is 0 Å². The van der Waals surface area contributed by atoms with Crippen LogP contribution in [0.15, 0.2) is 84.9 Å². The number of rotatable bonds is 10. The van der Waals surface area contributed by atoms with E-state index in [0.717, 1.165) is 68.2 Å². The van der Waals surface area contributed by atoms with Crippen molar-refractivity contribution in [1.29, 1.82) is 0 Å². The summed E-state index contributed by atoms with van der Waals surface area (Å²) in [4.78, 5) is 35.1. The number of benzene rings is 4. The molecule has 0 radical (unpaired) electrons. The molecule has 0 fully saturated rings. The third-order valence-corrected chi connectivity index (χ3v) is 8.32. The normalized spacial score (nSPS) is 11.6. The molecule has 0 unspecified atom stereocenters. The number of carbonyl (C=O) groups is 2. The molecule has 226 valence electrons. The van der Waals surface area contributed by atoms with E-state index >= 15 is 0 Å². The number of H-pyrrole nitrogens is 3. The van der Waals surface area contributed by atoms with Crippen molar-refractivity contribution in [3.05, 3.63) is 96.3 Å². The Kier molecular flexibility index (Phi) is 7.54. The predicted molar refractivity (Wildman–Crippen MR) is 183 cm³/mol. The van der Waals surface area contributed by atoms with Gasteiger partial charge in [-0.3, -0.25) is 9.59 Å². The highest BCUT2D eigenvalue weighted by molar-refractivity contribution is 6.09. The first kappa shape index (κ1) is 28.4. The molecule has 45 heavy (non-hydrogen) atoms. The minimum Gasteiger partial charge on any atom is -0.354 e. The molecule has 0 atom stereocenters. The lowest BCUT2D eigenvalue weighted by Crippen LogP contribution is -2.30. The number of aromatic amines is 3. The van der Waals surface area contributed by atoms with E-state index in [1.807, 2.05) is 38.4 Å². The summed E-state index contributed by atoms with van der Waals surface area (Å²) in [5.74, 6) is -0.217. The number of nitrogens with one attached hydrogen (secondary N) is 7. The maximum Gasteiger partial charge on any atom is 0.267 e. The van der Waals surface area contributed by atoms with Crippen LogP contribution < -0.4 is 21.3 Å². The summed E-state index contributed by atoms with van der Waals surface area (Å²) in [7, 11) is 3.72. The fraction of sp³-hybridized carbons (Fsp3) is 0.167. The van der Waals surface area contributed by atoms with Gasteiger partial charge in [0.05, 0.1) is 0 Å². The van der Waals surface area contributed by atoms with E-state index in [-0.39, 0.29) is 11.8 Å². The number of amides is 2. The molecule has 7 aromatic rings. The topological polar surface area (TPSA) is 130 Å². The monoisotopic (exact) mass is 597 g/mol. The predicted octanol–water partition coefficient (Wildman–Crippen LogP) is 5.52. The summed E-state index contributed by atoms with van der Waals surface area (Å²) in [6.07, 6.45) is 0. The highest BCUT2D eigenvalue weighted by atomic mass is 16.2. The van der Waals surface area contributed by atoms with Gasteiger partial charge in [0.1, 0.15) is 11.4 Å². The zero-order valence-electron chi connectivity index (χ0n) is 25.2. The Morgan fingerprint density at radius 2 is 0.911 bits per heavy atom. The van der Waals surface area contributed by atoms with E-state index in [1.165, 1.54) is 10.8 Å². The molecule has 0 aliphatic carbocycles. The average molecular weight is 598 g/mol. The van der Waals surface area contributed by atoms with Crippen LogP contribution in [0, 0.1) is 0 Å². The van der Waals surface area contributed by atoms with Crippen molar-refractivity contribution in [3.8, 4) is 22.3 Å². The first-order valence-electron chi connectivity index (χ1n) is 15.2. The second-order valence-corrected chi connectivity index (χ2v) is 11.3. The van der Waals surface area contributed by atoms with Crippen LogP contribution in [0.5, 0.6) is 0 Å². The minimum absolute atomic E-state index is 0.109. The second-order valence-electron chi connectivity index (χ2n) is 11.3. The first-order chi connectivity index (χ1) is 22.0. The number of likely N-dealkylation sites (N-methyl/N-ethyl adjacent to an activating group) is 2. The highest BCUT2D eigenvalue weighted by Crippen LogP contribution is 2.34. The van der Waals surface area contributed by atoms with Crippen LogP contribution >= 0.6 is 0 Å². The number of hydrogen-bond acceptors (Lipinski definition) is 4. The number of aromatic nitrogens is 3. The van der Waals surface area contributed by atoms with Gasteiger partial charge in [0.25, 0.3) is 11.8 Å². The maximum absolute atomic E-state index is 12.5. The average Bonchev–Trinajstić information content (AvgIpc) is 3.78. The van der Waals surface area contributed by atoms with Crippen molar-refractivity contribution in [1.82, 2.24) is 36.2 Å². The lowest BCUT2D eigenvalue weighted by atomic mass is 10.0. The summed E-state index contributed by atoms with van der Waals surface area (Å²) in [6, 6.07) is 29.3. The molecular weight excluding hydrogens is 562 g/mol. The van der Waals surface area contributed by atoms with Crippen LogP contribution in [0.1, 0.15) is 21.0 Å². The maximum atomic E-state index is 12.5. The Bertz CT molecular complexity index is 2050. The van der Waals surface area contributed by atoms with Crippen molar-refractivity contribution in [3.63, 3.8) is 0 Å². The van der Waals surface area contributed by atoms with Gasteiger partial charge in [0.15, 0.2) is 0 Å². The molecular formula is C36H35N7O2. The lowest BCUT2D eigenvalue weighted by Gasteiger charge is -2.03. The van der Waals surface area contributed by atoms with E-state index in [4.69, 9.17) is 0 Å². The Morgan fingerprint density at radius 1 is 0.489 bits per heavy atom. The number of fused-ring (bicyclic) bond motifs is 5. The van der Waals surface area contributed by atoms with Crippen LogP contribution in [0.2, 0.25) is 0 Å². The molecule has 7 rings (SSSR count). The fourth-order valence-electron chi connectivity index (χ4n) is 5.93. The fourth-order valence-corrected chi connectivity index (χ4v) is 5.93. The first-order valence-corrected chi connectivity index (χ1v) is 15.2. The van der Waals surface area contributed by atoms with Gasteiger partial charge in [-0.25, -0.2) is 0 Å². The Labute approximate surface area is 259 Å². The van der Waals surface area contributed by atoms with Gasteiger partial charge in [-0.05, 0) is 84.9 Å². The van der Waals surface area contributed by atoms with E-state index in [2.05, 4.69) is 96.9 Å². The standard InChI is InChI=1S/C36H35N7O2/c1-37-11-13-39-35(44)33-19-25-15-21(5-9-29(25)41-33)23-3-7-27-28-8-4-24(18-32(28)43-31(27)17-23)22-6-10-30-26(16-22)20-34(42-30)36(45)40-14-12-38-2/h3-10,15-20,37-38,41-43H,11-14H2,1-2H3,(H,39,44)(H,40,45). The van der Waals surface area contributed by atoms with Gasteiger partial charge in [-0.2, -0.15) is 0 Å². The number of carbonyl (C=O) groups excluding carboxylic acids is 2. The molecule has 0 saturated carbocycles. The third-order valence-electron chi connectivity index (χ3n) is 8.32. The molecule has 3 heterocycles. The Morgan fingerprint density at radius 3 is 1.36 bits per heavy atom. The van der Waals surface area contributed by atoms with Crippen molar-refractivity contribution >= 4 is 55.4 Å². The van der Waals surface area contributed by atoms with Crippen molar-refractivity contribution in [2.45, 2.75) is 0 Å². The van der Waals surface area contributed by atoms with Crippen molar-refractivity contribution in [2.24, 2.45) is 0 Å². The molecule has 2 amide bonds. The largest absolute Gasteiger partial charge is 0.354 e. The molecule has 0 aliphatic rings. The summed E-state index contributed by atoms with van der Waals surface area (Å²) in [5, 5.41) is 16.2. The quantitative estimate of drug-likeness (QED) is 0.105. The lowest BCUT2D eigenvalue weighted by molar-refractivity contribution is 0.0942. The van der Waals surface area contributed by atoms with Gasteiger partial charge >= 0.3 is 0 Å². The molecule has 7 N–H and O–H groups in total. The molecule has 0 bridgehead atoms. The van der Waals surface area contributed by atoms with Crippen LogP contribution in [0.25, 0.3) is 65.9 Å². The van der Waals surface area contributed by atoms with Gasteiger partial charge in [0, 0.05) is 69.8 Å². The minimum atomic E-state index is -0.109. The van der Waals surface area contributed by atoms with Crippen molar-refractivity contribution in [2.75, 3.05) is 40.3 Å². The Balaban J connectivity index is 1.15. The molecule has 0 spiro atoms. The van der Waals surface area contributed by atoms with Crippen LogP contribution in [0.3, 0.4) is 0 Å². The zero-order valence-corrected chi connectivity index (χ0v) is 25.2. The highest BCUT2D eigenvalue weighted by Gasteiger charge is 2.13. The zero-order chi connectivity index (χ0) is 30.9. The second kappa shape index (κ2) is 12.0. The van der Waals surface area contributed by atoms with Crippen molar-refractivity contribution < 1.29 is 9.59 Å². The van der Waals surface area contributed by atoms with Gasteiger partial charge in [-0.1, -0.05) is 36.4 Å². The summed E-state index contributed by atoms with van der Waals surface area (Å²) >= 11 is 0. The summed E-state index contributed by atoms with van der Waals surface area (Å²) in [6.45, 7) is 2.58. The summed E-state index contributed by atoms with van der Waals surface area (Å²) in [5.41, 5.74) is 9.46. The SMILES string of the molecule is CNCCNC(=O)c1cc2cc(-c3ccc4c(c3)[nH]c3cc(-c5ccc6[nH]c(C(=O)NCCNC)cc6c5)ccc34)ccc2[nH]1. The Hall–Kier alpha value is -5.38. The van der Waals surface area contributed by atoms with E-state index in [0.29, 0.717) is 24.5 Å². The van der Waals surface area contributed by atoms with Gasteiger partial charge < -0.3 is 36.2 Å². The van der Waals surface area contributed by atoms with Crippen LogP contribution in [0.4, 0.5) is 0 Å². The van der Waals surface area contributed by atoms with E-state index < -0.39 is 0 Å². The third kappa shape index (κ3) is 5.55. The molecule has 9 heteroatoms. The van der Waals surface area contributed by atoms with E-state index in [9.17, 15) is 9.59 Å². The number of hydrogen-bond donors (Lipinski definition) is 7. The summed E-state index contributed by atoms with van der Waals surface area (Å²) < 4.78 is 0. The molecule has 0 saturated heterocycles. The van der Waals surface area contributed by atoms with Crippen LogP contribution in [-0.4, -0.2) is 67.0 Å². The van der Waals surface area contributed by atoms with Gasteiger partial charge in [-0.15, -0.1) is 0 Å². The van der Waals surface area contributed by atoms with Crippen LogP contribution in [-0.2, 0) is 0 Å². The molecule has 9 nitrogen and oxygen atoms in total. The molecule has 0 aliphatic heterocycles. The molecule has 4 aromatic carbocycles. The smallest absolute Gasteiger partial charge is 0.267 e. The molecule has 3 aromatic heterocycles.